The van der Waals surface area contributed by atoms with Gasteiger partial charge in [0.25, 0.3) is 0 Å². The molecule has 0 bridgehead atoms. The lowest BCUT2D eigenvalue weighted by Gasteiger charge is -2.22. The Kier molecular flexibility index (Phi) is 8.70. The number of carbonyl (C=O) groups is 1. The first-order chi connectivity index (χ1) is 18.7. The fraction of sp³-hybridized carbons (Fsp3) is 0.300. The molecule has 0 saturated carbocycles. The van der Waals surface area contributed by atoms with Crippen molar-refractivity contribution in [2.45, 2.75) is 45.8 Å². The number of anilines is 3. The average molecular weight is 526 g/mol. The molecule has 0 spiro atoms. The number of hydrogen-bond donors (Lipinski definition) is 2. The maximum atomic E-state index is 12.0. The van der Waals surface area contributed by atoms with Gasteiger partial charge >= 0.3 is 6.09 Å². The molecule has 39 heavy (non-hydrogen) atoms. The second-order valence-corrected chi connectivity index (χ2v) is 10.2. The third-order valence-electron chi connectivity index (χ3n) is 5.91. The van der Waals surface area contributed by atoms with Crippen LogP contribution in [0.15, 0.2) is 79.1 Å². The summed E-state index contributed by atoms with van der Waals surface area (Å²) in [7, 11) is 1.92. The average Bonchev–Trinajstić information content (AvgIpc) is 2.92. The SMILES string of the molecule is C[C@H](NC(=O)OC(C)(C)C)c1ccc(CCNc2nccc(N(C)c3ccnc(-c4ccccc4)n3)n2)cc1. The van der Waals surface area contributed by atoms with Crippen molar-refractivity contribution in [1.29, 1.82) is 0 Å². The van der Waals surface area contributed by atoms with Crippen molar-refractivity contribution in [3.63, 3.8) is 0 Å². The van der Waals surface area contributed by atoms with Crippen molar-refractivity contribution in [2.24, 2.45) is 0 Å². The van der Waals surface area contributed by atoms with Gasteiger partial charge in [-0.15, -0.1) is 0 Å². The zero-order valence-corrected chi connectivity index (χ0v) is 23.0. The van der Waals surface area contributed by atoms with Gasteiger partial charge in [0.2, 0.25) is 5.95 Å². The van der Waals surface area contributed by atoms with Crippen LogP contribution in [0, 0.1) is 0 Å². The van der Waals surface area contributed by atoms with E-state index in [0.29, 0.717) is 18.3 Å². The summed E-state index contributed by atoms with van der Waals surface area (Å²) in [6.45, 7) is 8.15. The Bertz CT molecular complexity index is 1370. The van der Waals surface area contributed by atoms with Gasteiger partial charge in [0.15, 0.2) is 5.82 Å². The Morgan fingerprint density at radius 1 is 0.923 bits per heavy atom. The highest BCUT2D eigenvalue weighted by Gasteiger charge is 2.18. The molecule has 0 aliphatic rings. The molecule has 4 rings (SSSR count). The minimum Gasteiger partial charge on any atom is -0.444 e. The summed E-state index contributed by atoms with van der Waals surface area (Å²) in [4.78, 5) is 32.1. The van der Waals surface area contributed by atoms with E-state index in [-0.39, 0.29) is 6.04 Å². The lowest BCUT2D eigenvalue weighted by atomic mass is 10.0. The summed E-state index contributed by atoms with van der Waals surface area (Å²) in [5.41, 5.74) is 2.61. The quantitative estimate of drug-likeness (QED) is 0.277. The molecule has 2 aromatic heterocycles. The molecule has 202 valence electrons. The summed E-state index contributed by atoms with van der Waals surface area (Å²) in [6, 6.07) is 21.6. The molecule has 9 nitrogen and oxygen atoms in total. The molecule has 2 heterocycles. The maximum Gasteiger partial charge on any atom is 0.408 e. The number of carbonyl (C=O) groups excluding carboxylic acids is 1. The topological polar surface area (TPSA) is 105 Å². The summed E-state index contributed by atoms with van der Waals surface area (Å²) < 4.78 is 5.34. The maximum absolute atomic E-state index is 12.0. The van der Waals surface area contributed by atoms with Gasteiger partial charge in [0.1, 0.15) is 17.2 Å². The highest BCUT2D eigenvalue weighted by molar-refractivity contribution is 5.68. The minimum absolute atomic E-state index is 0.154. The second kappa shape index (κ2) is 12.3. The van der Waals surface area contributed by atoms with Crippen molar-refractivity contribution in [2.75, 3.05) is 23.8 Å². The van der Waals surface area contributed by atoms with E-state index in [9.17, 15) is 4.79 Å². The van der Waals surface area contributed by atoms with E-state index in [0.717, 1.165) is 29.2 Å². The Labute approximate surface area is 229 Å². The lowest BCUT2D eigenvalue weighted by Crippen LogP contribution is -2.34. The number of hydrogen-bond acceptors (Lipinski definition) is 8. The summed E-state index contributed by atoms with van der Waals surface area (Å²) >= 11 is 0. The van der Waals surface area contributed by atoms with Crippen molar-refractivity contribution in [1.82, 2.24) is 25.3 Å². The third-order valence-corrected chi connectivity index (χ3v) is 5.91. The fourth-order valence-corrected chi connectivity index (χ4v) is 3.86. The number of benzene rings is 2. The standard InChI is InChI=1S/C30H35N7O2/c1-21(34-29(38)39-30(2,3)4)23-13-11-22(12-14-23)15-18-32-28-33-20-17-26(36-28)37(5)25-16-19-31-27(35-25)24-9-7-6-8-10-24/h6-14,16-17,19-21H,15,18H2,1-5H3,(H,34,38)(H,32,33,36)/t21-/m0/s1. The van der Waals surface area contributed by atoms with Gasteiger partial charge in [-0.05, 0) is 57.4 Å². The highest BCUT2D eigenvalue weighted by Crippen LogP contribution is 2.23. The second-order valence-electron chi connectivity index (χ2n) is 10.2. The summed E-state index contributed by atoms with van der Waals surface area (Å²) in [6.07, 6.45) is 3.85. The molecule has 0 aliphatic carbocycles. The van der Waals surface area contributed by atoms with Gasteiger partial charge in [0, 0.05) is 31.5 Å². The molecule has 1 atom stereocenters. The number of nitrogens with one attached hydrogen (secondary N) is 2. The van der Waals surface area contributed by atoms with Gasteiger partial charge < -0.3 is 20.3 Å². The van der Waals surface area contributed by atoms with Crippen molar-refractivity contribution in [3.05, 3.63) is 90.3 Å². The lowest BCUT2D eigenvalue weighted by molar-refractivity contribution is 0.0508. The molecule has 1 amide bonds. The van der Waals surface area contributed by atoms with Gasteiger partial charge in [-0.25, -0.2) is 19.7 Å². The number of aromatic nitrogens is 4. The van der Waals surface area contributed by atoms with Crippen LogP contribution in [-0.2, 0) is 11.2 Å². The van der Waals surface area contributed by atoms with Crippen molar-refractivity contribution in [3.8, 4) is 11.4 Å². The number of ether oxygens (including phenoxy) is 1. The molecule has 2 N–H and O–H groups in total. The zero-order chi connectivity index (χ0) is 27.8. The largest absolute Gasteiger partial charge is 0.444 e. The Morgan fingerprint density at radius 2 is 1.59 bits per heavy atom. The molecule has 0 radical (unpaired) electrons. The van der Waals surface area contributed by atoms with Gasteiger partial charge in [-0.2, -0.15) is 4.98 Å². The van der Waals surface area contributed by atoms with E-state index in [1.165, 1.54) is 5.56 Å². The smallest absolute Gasteiger partial charge is 0.408 e. The van der Waals surface area contributed by atoms with Crippen molar-refractivity contribution >= 4 is 23.7 Å². The molecule has 9 heteroatoms. The molecule has 0 aliphatic heterocycles. The predicted octanol–water partition coefficient (Wildman–Crippen LogP) is 5.94. The predicted molar refractivity (Wildman–Crippen MR) is 154 cm³/mol. The zero-order valence-electron chi connectivity index (χ0n) is 23.0. The molecule has 0 unspecified atom stereocenters. The molecule has 4 aromatic rings. The normalized spacial score (nSPS) is 11.9. The van der Waals surface area contributed by atoms with Crippen LogP contribution in [-0.4, -0.2) is 45.2 Å². The molecule has 2 aromatic carbocycles. The van der Waals surface area contributed by atoms with Crippen LogP contribution in [0.2, 0.25) is 0 Å². The number of amides is 1. The van der Waals surface area contributed by atoms with Crippen LogP contribution in [0.4, 0.5) is 22.4 Å². The van der Waals surface area contributed by atoms with Crippen LogP contribution >= 0.6 is 0 Å². The van der Waals surface area contributed by atoms with Crippen LogP contribution in [0.25, 0.3) is 11.4 Å². The number of alkyl carbamates (subject to hydrolysis) is 1. The van der Waals surface area contributed by atoms with E-state index < -0.39 is 11.7 Å². The van der Waals surface area contributed by atoms with E-state index in [1.54, 1.807) is 12.4 Å². The van der Waals surface area contributed by atoms with Gasteiger partial charge in [0.05, 0.1) is 6.04 Å². The van der Waals surface area contributed by atoms with Crippen LogP contribution in [0.3, 0.4) is 0 Å². The molecular weight excluding hydrogens is 490 g/mol. The Balaban J connectivity index is 1.32. The molecule has 0 saturated heterocycles. The molecular formula is C30H35N7O2. The number of rotatable bonds is 9. The first-order valence-electron chi connectivity index (χ1n) is 13.0. The van der Waals surface area contributed by atoms with Gasteiger partial charge in [-0.3, -0.25) is 0 Å². The van der Waals surface area contributed by atoms with Crippen molar-refractivity contribution < 1.29 is 9.53 Å². The number of nitrogens with zero attached hydrogens (tertiary/aromatic N) is 5. The first-order valence-corrected chi connectivity index (χ1v) is 13.0. The van der Waals surface area contributed by atoms with Crippen LogP contribution in [0.1, 0.15) is 44.9 Å². The van der Waals surface area contributed by atoms with E-state index >= 15 is 0 Å². The summed E-state index contributed by atoms with van der Waals surface area (Å²) in [5.74, 6) is 2.67. The van der Waals surface area contributed by atoms with Crippen LogP contribution < -0.4 is 15.5 Å². The van der Waals surface area contributed by atoms with Crippen LogP contribution in [0.5, 0.6) is 0 Å². The third kappa shape index (κ3) is 7.98. The van der Waals surface area contributed by atoms with Gasteiger partial charge in [-0.1, -0.05) is 54.6 Å². The monoisotopic (exact) mass is 525 g/mol. The summed E-state index contributed by atoms with van der Waals surface area (Å²) in [5, 5.41) is 6.18. The fourth-order valence-electron chi connectivity index (χ4n) is 3.86. The molecule has 0 fully saturated rings. The minimum atomic E-state index is -0.527. The Morgan fingerprint density at radius 3 is 2.28 bits per heavy atom. The highest BCUT2D eigenvalue weighted by atomic mass is 16.6. The van der Waals surface area contributed by atoms with E-state index in [1.807, 2.05) is 94.2 Å². The van der Waals surface area contributed by atoms with E-state index in [4.69, 9.17) is 9.72 Å². The van der Waals surface area contributed by atoms with E-state index in [2.05, 4.69) is 37.7 Å². The first kappa shape index (κ1) is 27.5. The Hall–Kier alpha value is -4.53.